The molecule has 0 aromatic heterocycles. The number of rotatable bonds is 2. The van der Waals surface area contributed by atoms with Gasteiger partial charge in [-0.05, 0) is 18.9 Å². The van der Waals surface area contributed by atoms with Gasteiger partial charge in [-0.2, -0.15) is 0 Å². The summed E-state index contributed by atoms with van der Waals surface area (Å²) in [7, 11) is 3.91. The quantitative estimate of drug-likeness (QED) is 0.494. The predicted molar refractivity (Wildman–Crippen MR) is 61.0 cm³/mol. The first kappa shape index (κ1) is 11.0. The minimum Gasteiger partial charge on any atom is -0.270 e. The van der Waals surface area contributed by atoms with Crippen LogP contribution in [0.5, 0.6) is 0 Å². The van der Waals surface area contributed by atoms with E-state index in [9.17, 15) is 0 Å². The minimum absolute atomic E-state index is 0.958. The van der Waals surface area contributed by atoms with E-state index >= 15 is 0 Å². The standard InChI is InChI=1S/C11H19N3/c1-5-10(6-2)11(12-3)14-9-7-8-13(14)4/h5,7,9H,6,8H2,1-4H3/b10-5-,12-11+. The van der Waals surface area contributed by atoms with Crippen molar-refractivity contribution in [3.63, 3.8) is 0 Å². The normalized spacial score (nSPS) is 19.6. The minimum atomic E-state index is 0.958. The topological polar surface area (TPSA) is 18.8 Å². The second-order valence-electron chi connectivity index (χ2n) is 3.28. The zero-order valence-electron chi connectivity index (χ0n) is 9.49. The number of aliphatic imine (C=N–C) groups is 1. The summed E-state index contributed by atoms with van der Waals surface area (Å²) in [4.78, 5) is 4.34. The molecule has 78 valence electrons. The molecule has 0 amide bonds. The third-order valence-corrected chi connectivity index (χ3v) is 2.43. The first-order valence-electron chi connectivity index (χ1n) is 5.03. The highest BCUT2D eigenvalue weighted by molar-refractivity contribution is 5.98. The Morgan fingerprint density at radius 3 is 2.64 bits per heavy atom. The highest BCUT2D eigenvalue weighted by atomic mass is 15.6. The summed E-state index contributed by atoms with van der Waals surface area (Å²) in [5.41, 5.74) is 1.28. The summed E-state index contributed by atoms with van der Waals surface area (Å²) in [6, 6.07) is 0. The van der Waals surface area contributed by atoms with Crippen LogP contribution < -0.4 is 0 Å². The molecule has 0 aromatic rings. The highest BCUT2D eigenvalue weighted by Gasteiger charge is 2.18. The van der Waals surface area contributed by atoms with Gasteiger partial charge >= 0.3 is 0 Å². The van der Waals surface area contributed by atoms with E-state index in [1.807, 2.05) is 7.05 Å². The van der Waals surface area contributed by atoms with Crippen LogP contribution in [0.4, 0.5) is 0 Å². The van der Waals surface area contributed by atoms with Crippen LogP contribution in [0.2, 0.25) is 0 Å². The second-order valence-corrected chi connectivity index (χ2v) is 3.28. The number of hydrogen-bond donors (Lipinski definition) is 0. The van der Waals surface area contributed by atoms with Gasteiger partial charge in [-0.15, -0.1) is 0 Å². The fraction of sp³-hybridized carbons (Fsp3) is 0.545. The third-order valence-electron chi connectivity index (χ3n) is 2.43. The Labute approximate surface area is 86.4 Å². The number of hydrazine groups is 1. The summed E-state index contributed by atoms with van der Waals surface area (Å²) >= 11 is 0. The fourth-order valence-corrected chi connectivity index (χ4v) is 1.62. The Morgan fingerprint density at radius 1 is 1.57 bits per heavy atom. The van der Waals surface area contributed by atoms with Gasteiger partial charge in [0.05, 0.1) is 0 Å². The van der Waals surface area contributed by atoms with Crippen LogP contribution in [0.1, 0.15) is 20.3 Å². The Morgan fingerprint density at radius 2 is 2.29 bits per heavy atom. The molecular weight excluding hydrogens is 174 g/mol. The van der Waals surface area contributed by atoms with Crippen molar-refractivity contribution in [2.24, 2.45) is 4.99 Å². The van der Waals surface area contributed by atoms with Gasteiger partial charge in [0.25, 0.3) is 0 Å². The predicted octanol–water partition coefficient (Wildman–Crippen LogP) is 2.05. The fourth-order valence-electron chi connectivity index (χ4n) is 1.62. The lowest BCUT2D eigenvalue weighted by Gasteiger charge is -2.27. The van der Waals surface area contributed by atoms with Crippen molar-refractivity contribution in [3.8, 4) is 0 Å². The maximum absolute atomic E-state index is 4.34. The summed E-state index contributed by atoms with van der Waals surface area (Å²) in [6.45, 7) is 5.17. The van der Waals surface area contributed by atoms with Gasteiger partial charge in [-0.3, -0.25) is 10.0 Å². The lowest BCUT2D eigenvalue weighted by atomic mass is 10.1. The van der Waals surface area contributed by atoms with E-state index in [2.05, 4.69) is 54.3 Å². The maximum Gasteiger partial charge on any atom is 0.144 e. The summed E-state index contributed by atoms with van der Waals surface area (Å²) in [6.07, 6.45) is 7.35. The van der Waals surface area contributed by atoms with Crippen molar-refractivity contribution in [2.75, 3.05) is 20.6 Å². The first-order valence-corrected chi connectivity index (χ1v) is 5.03. The average molecular weight is 193 g/mol. The van der Waals surface area contributed by atoms with Gasteiger partial charge in [0.15, 0.2) is 0 Å². The van der Waals surface area contributed by atoms with Crippen molar-refractivity contribution >= 4 is 5.84 Å². The van der Waals surface area contributed by atoms with E-state index in [1.54, 1.807) is 0 Å². The molecule has 1 aliphatic rings. The smallest absolute Gasteiger partial charge is 0.144 e. The molecule has 3 heteroatoms. The Balaban J connectivity index is 2.87. The van der Waals surface area contributed by atoms with Crippen molar-refractivity contribution in [3.05, 3.63) is 23.9 Å². The van der Waals surface area contributed by atoms with E-state index in [4.69, 9.17) is 0 Å². The number of likely N-dealkylation sites (N-methyl/N-ethyl adjacent to an activating group) is 1. The summed E-state index contributed by atoms with van der Waals surface area (Å²) < 4.78 is 0. The van der Waals surface area contributed by atoms with E-state index in [-0.39, 0.29) is 0 Å². The second kappa shape index (κ2) is 4.96. The molecule has 0 radical (unpaired) electrons. The van der Waals surface area contributed by atoms with Crippen LogP contribution in [-0.4, -0.2) is 36.5 Å². The van der Waals surface area contributed by atoms with Gasteiger partial charge in [-0.25, -0.2) is 5.01 Å². The zero-order valence-corrected chi connectivity index (χ0v) is 9.49. The molecule has 0 fully saturated rings. The average Bonchev–Trinajstić information content (AvgIpc) is 2.61. The molecule has 14 heavy (non-hydrogen) atoms. The molecule has 0 N–H and O–H groups in total. The molecule has 3 nitrogen and oxygen atoms in total. The number of amidine groups is 1. The molecule has 0 atom stereocenters. The highest BCUT2D eigenvalue weighted by Crippen LogP contribution is 2.14. The van der Waals surface area contributed by atoms with E-state index in [0.29, 0.717) is 0 Å². The number of hydrogen-bond acceptors (Lipinski definition) is 2. The van der Waals surface area contributed by atoms with Crippen LogP contribution in [0.25, 0.3) is 0 Å². The van der Waals surface area contributed by atoms with Crippen LogP contribution in [0, 0.1) is 0 Å². The van der Waals surface area contributed by atoms with Gasteiger partial charge in [-0.1, -0.05) is 19.1 Å². The lowest BCUT2D eigenvalue weighted by Crippen LogP contribution is -2.37. The third kappa shape index (κ3) is 2.04. The van der Waals surface area contributed by atoms with Gasteiger partial charge < -0.3 is 0 Å². The molecule has 1 aliphatic heterocycles. The van der Waals surface area contributed by atoms with Crippen molar-refractivity contribution in [1.82, 2.24) is 10.0 Å². The van der Waals surface area contributed by atoms with Gasteiger partial charge in [0.2, 0.25) is 0 Å². The van der Waals surface area contributed by atoms with Gasteiger partial charge in [0.1, 0.15) is 5.84 Å². The zero-order chi connectivity index (χ0) is 10.6. The first-order chi connectivity index (χ1) is 6.74. The molecule has 0 aromatic carbocycles. The lowest BCUT2D eigenvalue weighted by molar-refractivity contribution is 0.169. The van der Waals surface area contributed by atoms with Crippen LogP contribution in [-0.2, 0) is 0 Å². The molecule has 0 unspecified atom stereocenters. The van der Waals surface area contributed by atoms with Crippen LogP contribution >= 0.6 is 0 Å². The van der Waals surface area contributed by atoms with E-state index < -0.39 is 0 Å². The van der Waals surface area contributed by atoms with E-state index in [1.165, 1.54) is 5.57 Å². The summed E-state index contributed by atoms with van der Waals surface area (Å²) in [5.74, 6) is 1.05. The Kier molecular flexibility index (Phi) is 3.89. The van der Waals surface area contributed by atoms with Crippen molar-refractivity contribution in [2.45, 2.75) is 20.3 Å². The largest absolute Gasteiger partial charge is 0.270 e. The molecule has 1 rings (SSSR count). The summed E-state index contributed by atoms with van der Waals surface area (Å²) in [5, 5.41) is 4.24. The van der Waals surface area contributed by atoms with Crippen LogP contribution in [0.15, 0.2) is 28.9 Å². The Bertz CT molecular complexity index is 276. The van der Waals surface area contributed by atoms with Gasteiger partial charge in [0, 0.05) is 26.8 Å². The molecule has 0 saturated carbocycles. The molecular formula is C11H19N3. The van der Waals surface area contributed by atoms with Crippen molar-refractivity contribution in [1.29, 1.82) is 0 Å². The van der Waals surface area contributed by atoms with Crippen LogP contribution in [0.3, 0.4) is 0 Å². The molecule has 0 spiro atoms. The molecule has 1 heterocycles. The van der Waals surface area contributed by atoms with Crippen molar-refractivity contribution < 1.29 is 0 Å². The molecule has 0 saturated heterocycles. The SMILES string of the molecule is C/C=C(CC)\C(=N/C)N1C=CCN1C. The van der Waals surface area contributed by atoms with E-state index in [0.717, 1.165) is 18.8 Å². The number of allylic oxidation sites excluding steroid dienone is 1. The number of nitrogens with zero attached hydrogens (tertiary/aromatic N) is 3. The maximum atomic E-state index is 4.34. The monoisotopic (exact) mass is 193 g/mol. The Hall–Kier alpha value is -1.09. The molecule has 0 bridgehead atoms. The molecule has 0 aliphatic carbocycles.